The molecule has 1 aliphatic rings. The Balaban J connectivity index is 2.32. The maximum atomic E-state index is 9.98. The Morgan fingerprint density at radius 2 is 2.25 bits per heavy atom. The number of hydrogen-bond acceptors (Lipinski definition) is 3. The molecule has 0 amide bonds. The normalized spacial score (nSPS) is 31.5. The van der Waals surface area contributed by atoms with E-state index in [4.69, 9.17) is 9.47 Å². The van der Waals surface area contributed by atoms with Crippen molar-refractivity contribution >= 4 is 0 Å². The van der Waals surface area contributed by atoms with Gasteiger partial charge in [-0.15, -0.1) is 0 Å². The summed E-state index contributed by atoms with van der Waals surface area (Å²) in [5, 5.41) is 9.98. The first-order valence-electron chi connectivity index (χ1n) is 4.65. The van der Waals surface area contributed by atoms with Gasteiger partial charge in [0.1, 0.15) is 0 Å². The van der Waals surface area contributed by atoms with Crippen LogP contribution in [0, 0.1) is 0 Å². The summed E-state index contributed by atoms with van der Waals surface area (Å²) < 4.78 is 10.5. The molecule has 3 heteroatoms. The van der Waals surface area contributed by atoms with Crippen molar-refractivity contribution in [1.29, 1.82) is 0 Å². The fraction of sp³-hybridized carbons (Fsp3) is 1.00. The maximum Gasteiger partial charge on any atom is 0.0902 e. The van der Waals surface area contributed by atoms with Gasteiger partial charge in [-0.3, -0.25) is 0 Å². The first-order chi connectivity index (χ1) is 5.77. The SMILES string of the molecule is CCOCC1(O)CCCOCC1. The lowest BCUT2D eigenvalue weighted by Crippen LogP contribution is -2.34. The maximum absolute atomic E-state index is 9.98. The zero-order chi connectivity index (χ0) is 8.86. The van der Waals surface area contributed by atoms with Crippen LogP contribution >= 0.6 is 0 Å². The number of hydrogen-bond donors (Lipinski definition) is 1. The van der Waals surface area contributed by atoms with Crippen molar-refractivity contribution in [1.82, 2.24) is 0 Å². The molecular weight excluding hydrogens is 156 g/mol. The molecule has 1 unspecified atom stereocenters. The van der Waals surface area contributed by atoms with Crippen LogP contribution < -0.4 is 0 Å². The standard InChI is InChI=1S/C9H18O3/c1-2-11-8-9(10)4-3-6-12-7-5-9/h10H,2-8H2,1H3. The molecule has 0 aliphatic carbocycles. The highest BCUT2D eigenvalue weighted by Gasteiger charge is 2.28. The molecule has 1 N–H and O–H groups in total. The van der Waals surface area contributed by atoms with Crippen LogP contribution in [0.25, 0.3) is 0 Å². The van der Waals surface area contributed by atoms with Crippen LogP contribution in [0.2, 0.25) is 0 Å². The molecule has 0 aromatic rings. The summed E-state index contributed by atoms with van der Waals surface area (Å²) in [7, 11) is 0. The molecular formula is C9H18O3. The van der Waals surface area contributed by atoms with Gasteiger partial charge < -0.3 is 14.6 Å². The third-order valence-electron chi connectivity index (χ3n) is 2.22. The largest absolute Gasteiger partial charge is 0.387 e. The summed E-state index contributed by atoms with van der Waals surface area (Å²) in [5.74, 6) is 0. The highest BCUT2D eigenvalue weighted by molar-refractivity contribution is 4.79. The quantitative estimate of drug-likeness (QED) is 0.692. The third kappa shape index (κ3) is 3.09. The molecule has 0 bridgehead atoms. The smallest absolute Gasteiger partial charge is 0.0902 e. The van der Waals surface area contributed by atoms with E-state index >= 15 is 0 Å². The summed E-state index contributed by atoms with van der Waals surface area (Å²) >= 11 is 0. The van der Waals surface area contributed by atoms with E-state index in [2.05, 4.69) is 0 Å². The molecule has 12 heavy (non-hydrogen) atoms. The van der Waals surface area contributed by atoms with E-state index in [1.807, 2.05) is 6.92 Å². The lowest BCUT2D eigenvalue weighted by atomic mass is 9.96. The Hall–Kier alpha value is -0.120. The van der Waals surface area contributed by atoms with Gasteiger partial charge in [0.2, 0.25) is 0 Å². The Morgan fingerprint density at radius 3 is 3.00 bits per heavy atom. The predicted molar refractivity (Wildman–Crippen MR) is 46.1 cm³/mol. The van der Waals surface area contributed by atoms with Crippen LogP contribution in [-0.4, -0.2) is 37.1 Å². The summed E-state index contributed by atoms with van der Waals surface area (Å²) in [6.45, 7) is 4.49. The van der Waals surface area contributed by atoms with Crippen molar-refractivity contribution < 1.29 is 14.6 Å². The minimum absolute atomic E-state index is 0.451. The second kappa shape index (κ2) is 4.80. The van der Waals surface area contributed by atoms with Gasteiger partial charge in [-0.25, -0.2) is 0 Å². The zero-order valence-corrected chi connectivity index (χ0v) is 7.71. The molecule has 1 fully saturated rings. The summed E-state index contributed by atoms with van der Waals surface area (Å²) in [5.41, 5.74) is -0.632. The zero-order valence-electron chi connectivity index (χ0n) is 7.71. The van der Waals surface area contributed by atoms with Crippen LogP contribution in [0.5, 0.6) is 0 Å². The average molecular weight is 174 g/mol. The van der Waals surface area contributed by atoms with Crippen LogP contribution in [-0.2, 0) is 9.47 Å². The summed E-state index contributed by atoms with van der Waals surface area (Å²) in [4.78, 5) is 0. The van der Waals surface area contributed by atoms with Crippen molar-refractivity contribution in [3.63, 3.8) is 0 Å². The second-order valence-corrected chi connectivity index (χ2v) is 3.33. The Labute approximate surface area is 73.7 Å². The molecule has 72 valence electrons. The highest BCUT2D eigenvalue weighted by Crippen LogP contribution is 2.21. The van der Waals surface area contributed by atoms with Crippen molar-refractivity contribution in [2.75, 3.05) is 26.4 Å². The van der Waals surface area contributed by atoms with E-state index in [9.17, 15) is 5.11 Å². The number of ether oxygens (including phenoxy) is 2. The summed E-state index contributed by atoms with van der Waals surface area (Å²) in [6.07, 6.45) is 2.43. The Bertz CT molecular complexity index is 117. The Kier molecular flexibility index (Phi) is 3.98. The predicted octanol–water partition coefficient (Wildman–Crippen LogP) is 0.955. The second-order valence-electron chi connectivity index (χ2n) is 3.33. The molecule has 3 nitrogen and oxygen atoms in total. The molecule has 0 radical (unpaired) electrons. The van der Waals surface area contributed by atoms with Gasteiger partial charge in [0, 0.05) is 26.2 Å². The molecule has 1 heterocycles. The van der Waals surface area contributed by atoms with Gasteiger partial charge in [-0.05, 0) is 19.8 Å². The van der Waals surface area contributed by atoms with Gasteiger partial charge in [0.25, 0.3) is 0 Å². The summed E-state index contributed by atoms with van der Waals surface area (Å²) in [6, 6.07) is 0. The lowest BCUT2D eigenvalue weighted by Gasteiger charge is -2.25. The van der Waals surface area contributed by atoms with Crippen LogP contribution in [0.4, 0.5) is 0 Å². The molecule has 1 atom stereocenters. The lowest BCUT2D eigenvalue weighted by molar-refractivity contribution is -0.0549. The van der Waals surface area contributed by atoms with Crippen molar-refractivity contribution in [3.05, 3.63) is 0 Å². The molecule has 1 aliphatic heterocycles. The fourth-order valence-corrected chi connectivity index (χ4v) is 1.43. The van der Waals surface area contributed by atoms with Gasteiger partial charge in [-0.1, -0.05) is 0 Å². The first kappa shape index (κ1) is 9.96. The Morgan fingerprint density at radius 1 is 1.42 bits per heavy atom. The molecule has 1 saturated heterocycles. The minimum atomic E-state index is -0.632. The molecule has 0 aromatic carbocycles. The minimum Gasteiger partial charge on any atom is -0.387 e. The number of aliphatic hydroxyl groups is 1. The molecule has 0 spiro atoms. The van der Waals surface area contributed by atoms with Gasteiger partial charge in [-0.2, -0.15) is 0 Å². The van der Waals surface area contributed by atoms with Gasteiger partial charge >= 0.3 is 0 Å². The van der Waals surface area contributed by atoms with Gasteiger partial charge in [0.15, 0.2) is 0 Å². The van der Waals surface area contributed by atoms with E-state index < -0.39 is 5.60 Å². The van der Waals surface area contributed by atoms with E-state index in [0.29, 0.717) is 26.2 Å². The first-order valence-corrected chi connectivity index (χ1v) is 4.65. The molecule has 0 aromatic heterocycles. The fourth-order valence-electron chi connectivity index (χ4n) is 1.43. The van der Waals surface area contributed by atoms with E-state index in [1.54, 1.807) is 0 Å². The van der Waals surface area contributed by atoms with Crippen LogP contribution in [0.15, 0.2) is 0 Å². The van der Waals surface area contributed by atoms with Crippen molar-refractivity contribution in [3.8, 4) is 0 Å². The van der Waals surface area contributed by atoms with Crippen molar-refractivity contribution in [2.45, 2.75) is 31.8 Å². The van der Waals surface area contributed by atoms with Crippen LogP contribution in [0.1, 0.15) is 26.2 Å². The topological polar surface area (TPSA) is 38.7 Å². The van der Waals surface area contributed by atoms with E-state index in [-0.39, 0.29) is 0 Å². The number of rotatable bonds is 3. The van der Waals surface area contributed by atoms with E-state index in [1.165, 1.54) is 0 Å². The van der Waals surface area contributed by atoms with E-state index in [0.717, 1.165) is 19.4 Å². The van der Waals surface area contributed by atoms with Gasteiger partial charge in [0.05, 0.1) is 12.2 Å². The highest BCUT2D eigenvalue weighted by atomic mass is 16.5. The monoisotopic (exact) mass is 174 g/mol. The molecule has 1 rings (SSSR count). The van der Waals surface area contributed by atoms with Crippen molar-refractivity contribution in [2.24, 2.45) is 0 Å². The molecule has 0 saturated carbocycles. The third-order valence-corrected chi connectivity index (χ3v) is 2.22. The average Bonchev–Trinajstić information content (AvgIpc) is 2.27. The van der Waals surface area contributed by atoms with Crippen LogP contribution in [0.3, 0.4) is 0 Å².